The summed E-state index contributed by atoms with van der Waals surface area (Å²) in [6.07, 6.45) is -3.95. The summed E-state index contributed by atoms with van der Waals surface area (Å²) >= 11 is 0. The first-order valence-corrected chi connectivity index (χ1v) is 4.35. The van der Waals surface area contributed by atoms with Crippen molar-refractivity contribution in [1.82, 2.24) is 0 Å². The molecule has 0 spiro atoms. The second-order valence-corrected chi connectivity index (χ2v) is 3.52. The SMILES string of the molecule is CC(OCC(N)C1CC1)C(F)(F)F. The first-order valence-electron chi connectivity index (χ1n) is 4.35. The van der Waals surface area contributed by atoms with E-state index in [0.29, 0.717) is 5.92 Å². The molecule has 2 unspecified atom stereocenters. The summed E-state index contributed by atoms with van der Waals surface area (Å²) in [6.45, 7) is 1.00. The Kier molecular flexibility index (Phi) is 3.18. The Labute approximate surface area is 75.2 Å². The highest BCUT2D eigenvalue weighted by atomic mass is 19.4. The van der Waals surface area contributed by atoms with Crippen molar-refractivity contribution < 1.29 is 17.9 Å². The molecule has 0 radical (unpaired) electrons. The molecule has 0 aromatic carbocycles. The minimum atomic E-state index is -4.27. The van der Waals surface area contributed by atoms with Crippen molar-refractivity contribution in [2.75, 3.05) is 6.61 Å². The molecule has 1 fully saturated rings. The molecule has 13 heavy (non-hydrogen) atoms. The van der Waals surface area contributed by atoms with Crippen molar-refractivity contribution in [2.24, 2.45) is 11.7 Å². The van der Waals surface area contributed by atoms with E-state index in [2.05, 4.69) is 4.74 Å². The van der Waals surface area contributed by atoms with Crippen molar-refractivity contribution in [2.45, 2.75) is 38.1 Å². The van der Waals surface area contributed by atoms with Crippen LogP contribution < -0.4 is 5.73 Å². The summed E-state index contributed by atoms with van der Waals surface area (Å²) in [4.78, 5) is 0. The average molecular weight is 197 g/mol. The molecule has 0 aliphatic heterocycles. The van der Waals surface area contributed by atoms with Gasteiger partial charge in [0.15, 0.2) is 6.10 Å². The van der Waals surface area contributed by atoms with Gasteiger partial charge in [0.1, 0.15) is 0 Å². The predicted octanol–water partition coefficient (Wildman–Crippen LogP) is 1.69. The number of hydrogen-bond donors (Lipinski definition) is 1. The molecule has 78 valence electrons. The number of nitrogens with two attached hydrogens (primary N) is 1. The Bertz CT molecular complexity index is 167. The standard InChI is InChI=1S/C8H14F3NO/c1-5(8(9,10)11)13-4-7(12)6-2-3-6/h5-7H,2-4,12H2,1H3. The van der Waals surface area contributed by atoms with Crippen LogP contribution in [0.3, 0.4) is 0 Å². The first kappa shape index (κ1) is 10.8. The third-order valence-electron chi connectivity index (χ3n) is 2.23. The van der Waals surface area contributed by atoms with Gasteiger partial charge in [-0.2, -0.15) is 13.2 Å². The van der Waals surface area contributed by atoms with Crippen LogP contribution in [0.2, 0.25) is 0 Å². The zero-order valence-corrected chi connectivity index (χ0v) is 7.47. The molecule has 0 aromatic heterocycles. The lowest BCUT2D eigenvalue weighted by Crippen LogP contribution is -2.35. The summed E-state index contributed by atoms with van der Waals surface area (Å²) in [5.74, 6) is 0.375. The molecule has 2 N–H and O–H groups in total. The number of hydrogen-bond acceptors (Lipinski definition) is 2. The van der Waals surface area contributed by atoms with Crippen LogP contribution in [0.25, 0.3) is 0 Å². The van der Waals surface area contributed by atoms with Gasteiger partial charge in [-0.1, -0.05) is 0 Å². The van der Waals surface area contributed by atoms with Crippen molar-refractivity contribution in [3.63, 3.8) is 0 Å². The van der Waals surface area contributed by atoms with Crippen molar-refractivity contribution in [3.05, 3.63) is 0 Å². The molecule has 0 heterocycles. The van der Waals surface area contributed by atoms with E-state index in [1.807, 2.05) is 0 Å². The fraction of sp³-hybridized carbons (Fsp3) is 1.00. The summed E-state index contributed by atoms with van der Waals surface area (Å²) < 4.78 is 40.5. The lowest BCUT2D eigenvalue weighted by molar-refractivity contribution is -0.215. The van der Waals surface area contributed by atoms with Gasteiger partial charge >= 0.3 is 6.18 Å². The minimum Gasteiger partial charge on any atom is -0.367 e. The highest BCUT2D eigenvalue weighted by Gasteiger charge is 2.38. The zero-order chi connectivity index (χ0) is 10.1. The van der Waals surface area contributed by atoms with E-state index in [4.69, 9.17) is 5.73 Å². The zero-order valence-electron chi connectivity index (χ0n) is 7.47. The van der Waals surface area contributed by atoms with E-state index < -0.39 is 12.3 Å². The van der Waals surface area contributed by atoms with Gasteiger partial charge in [-0.15, -0.1) is 0 Å². The Morgan fingerprint density at radius 2 is 2.00 bits per heavy atom. The molecule has 0 amide bonds. The number of rotatable bonds is 4. The second kappa shape index (κ2) is 3.84. The van der Waals surface area contributed by atoms with Crippen LogP contribution >= 0.6 is 0 Å². The third kappa shape index (κ3) is 3.52. The lowest BCUT2D eigenvalue weighted by atomic mass is 10.2. The van der Waals surface area contributed by atoms with Gasteiger partial charge in [-0.05, 0) is 25.7 Å². The van der Waals surface area contributed by atoms with E-state index in [9.17, 15) is 13.2 Å². The molecule has 2 atom stereocenters. The Morgan fingerprint density at radius 3 is 2.38 bits per heavy atom. The monoisotopic (exact) mass is 197 g/mol. The van der Waals surface area contributed by atoms with Gasteiger partial charge in [-0.25, -0.2) is 0 Å². The van der Waals surface area contributed by atoms with Gasteiger partial charge in [-0.3, -0.25) is 0 Å². The van der Waals surface area contributed by atoms with E-state index in [-0.39, 0.29) is 12.6 Å². The highest BCUT2D eigenvalue weighted by molar-refractivity contribution is 4.84. The highest BCUT2D eigenvalue weighted by Crippen LogP contribution is 2.32. The van der Waals surface area contributed by atoms with Gasteiger partial charge in [0.2, 0.25) is 0 Å². The van der Waals surface area contributed by atoms with Crippen LogP contribution in [0.4, 0.5) is 13.2 Å². The quantitative estimate of drug-likeness (QED) is 0.744. The van der Waals surface area contributed by atoms with Gasteiger partial charge < -0.3 is 10.5 Å². The molecule has 0 bridgehead atoms. The molecule has 1 aliphatic rings. The normalized spacial score (nSPS) is 22.8. The summed E-state index contributed by atoms with van der Waals surface area (Å²) in [6, 6.07) is -0.232. The van der Waals surface area contributed by atoms with Crippen LogP contribution in [0.5, 0.6) is 0 Å². The van der Waals surface area contributed by atoms with Crippen molar-refractivity contribution in [1.29, 1.82) is 0 Å². The number of halogens is 3. The molecular weight excluding hydrogens is 183 g/mol. The molecule has 1 rings (SSSR count). The topological polar surface area (TPSA) is 35.2 Å². The maximum Gasteiger partial charge on any atom is 0.414 e. The smallest absolute Gasteiger partial charge is 0.367 e. The maximum absolute atomic E-state index is 12.0. The van der Waals surface area contributed by atoms with Crippen LogP contribution in [-0.2, 0) is 4.74 Å². The van der Waals surface area contributed by atoms with Gasteiger partial charge in [0.25, 0.3) is 0 Å². The molecule has 5 heteroatoms. The van der Waals surface area contributed by atoms with E-state index >= 15 is 0 Å². The maximum atomic E-state index is 12.0. The van der Waals surface area contributed by atoms with Crippen molar-refractivity contribution >= 4 is 0 Å². The minimum absolute atomic E-state index is 0.00530. The summed E-state index contributed by atoms with van der Waals surface area (Å²) in [5, 5.41) is 0. The molecule has 2 nitrogen and oxygen atoms in total. The van der Waals surface area contributed by atoms with Crippen LogP contribution in [0.15, 0.2) is 0 Å². The fourth-order valence-corrected chi connectivity index (χ4v) is 1.01. The van der Waals surface area contributed by atoms with Crippen LogP contribution in [-0.4, -0.2) is 24.9 Å². The second-order valence-electron chi connectivity index (χ2n) is 3.52. The number of alkyl halides is 3. The van der Waals surface area contributed by atoms with Crippen LogP contribution in [0.1, 0.15) is 19.8 Å². The van der Waals surface area contributed by atoms with E-state index in [1.165, 1.54) is 0 Å². The van der Waals surface area contributed by atoms with Gasteiger partial charge in [0.05, 0.1) is 6.61 Å². The molecular formula is C8H14F3NO. The van der Waals surface area contributed by atoms with E-state index in [0.717, 1.165) is 19.8 Å². The Hall–Kier alpha value is -0.290. The van der Waals surface area contributed by atoms with Gasteiger partial charge in [0, 0.05) is 6.04 Å². The lowest BCUT2D eigenvalue weighted by Gasteiger charge is -2.18. The third-order valence-corrected chi connectivity index (χ3v) is 2.23. The molecule has 0 saturated heterocycles. The fourth-order valence-electron chi connectivity index (χ4n) is 1.01. The molecule has 1 saturated carbocycles. The van der Waals surface area contributed by atoms with Crippen molar-refractivity contribution in [3.8, 4) is 0 Å². The first-order chi connectivity index (χ1) is 5.91. The van der Waals surface area contributed by atoms with Crippen LogP contribution in [0, 0.1) is 5.92 Å². The largest absolute Gasteiger partial charge is 0.414 e. The summed E-state index contributed by atoms with van der Waals surface area (Å²) in [7, 11) is 0. The summed E-state index contributed by atoms with van der Waals surface area (Å²) in [5.41, 5.74) is 5.58. The van der Waals surface area contributed by atoms with E-state index in [1.54, 1.807) is 0 Å². The molecule has 1 aliphatic carbocycles. The molecule has 0 aromatic rings. The predicted molar refractivity (Wildman–Crippen MR) is 42.2 cm³/mol. The Balaban J connectivity index is 2.17. The number of ether oxygens (including phenoxy) is 1. The average Bonchev–Trinajstić information content (AvgIpc) is 2.79. The Morgan fingerprint density at radius 1 is 1.46 bits per heavy atom.